The molecule has 1 aliphatic rings. The summed E-state index contributed by atoms with van der Waals surface area (Å²) in [4.78, 5) is 2.47. The Morgan fingerprint density at radius 1 is 1.44 bits per heavy atom. The summed E-state index contributed by atoms with van der Waals surface area (Å²) in [6.45, 7) is 12.2. The maximum absolute atomic E-state index is 5.67. The Balaban J connectivity index is 2.17. The minimum atomic E-state index is 0.319. The van der Waals surface area contributed by atoms with Crippen LogP contribution in [0.5, 0.6) is 0 Å². The molecule has 2 heterocycles. The molecule has 0 radical (unpaired) electrons. The molecule has 102 valence electrons. The highest BCUT2D eigenvalue weighted by atomic mass is 79.9. The maximum atomic E-state index is 5.67. The second kappa shape index (κ2) is 5.72. The molecule has 4 nitrogen and oxygen atoms in total. The quantitative estimate of drug-likeness (QED) is 0.859. The maximum Gasteiger partial charge on any atom is 0.0739 e. The van der Waals surface area contributed by atoms with Gasteiger partial charge in [-0.05, 0) is 43.6 Å². The van der Waals surface area contributed by atoms with Crippen molar-refractivity contribution in [1.29, 1.82) is 0 Å². The van der Waals surface area contributed by atoms with Gasteiger partial charge in [0.2, 0.25) is 0 Å². The fourth-order valence-electron chi connectivity index (χ4n) is 2.40. The molecule has 2 unspecified atom stereocenters. The van der Waals surface area contributed by atoms with Crippen molar-refractivity contribution in [3.63, 3.8) is 0 Å². The monoisotopic (exact) mass is 315 g/mol. The van der Waals surface area contributed by atoms with E-state index in [4.69, 9.17) is 4.74 Å². The number of hydrogen-bond acceptors (Lipinski definition) is 3. The normalized spacial score (nSPS) is 25.6. The smallest absolute Gasteiger partial charge is 0.0739 e. The Kier molecular flexibility index (Phi) is 4.45. The molecule has 1 saturated heterocycles. The summed E-state index contributed by atoms with van der Waals surface area (Å²) in [5.41, 5.74) is 2.34. The Labute approximate surface area is 117 Å². The molecule has 0 bridgehead atoms. The highest BCUT2D eigenvalue weighted by Gasteiger charge is 2.25. The first kappa shape index (κ1) is 14.0. The average Bonchev–Trinajstić information content (AvgIpc) is 2.61. The lowest BCUT2D eigenvalue weighted by molar-refractivity contribution is -0.0535. The number of aromatic nitrogens is 2. The van der Waals surface area contributed by atoms with Crippen LogP contribution in [0.2, 0.25) is 0 Å². The number of halogens is 1. The van der Waals surface area contributed by atoms with E-state index < -0.39 is 0 Å². The fraction of sp³-hybridized carbons (Fsp3) is 0.769. The van der Waals surface area contributed by atoms with E-state index in [2.05, 4.69) is 51.4 Å². The van der Waals surface area contributed by atoms with Gasteiger partial charge in [0.1, 0.15) is 0 Å². The number of aryl methyl sites for hydroxylation is 2. The van der Waals surface area contributed by atoms with Crippen LogP contribution in [0.1, 0.15) is 32.2 Å². The van der Waals surface area contributed by atoms with E-state index in [1.165, 1.54) is 5.69 Å². The third-order valence-corrected chi connectivity index (χ3v) is 4.57. The molecule has 2 rings (SSSR count). The van der Waals surface area contributed by atoms with Gasteiger partial charge in [0.25, 0.3) is 0 Å². The lowest BCUT2D eigenvalue weighted by atomic mass is 10.2. The van der Waals surface area contributed by atoms with Crippen LogP contribution in [0.25, 0.3) is 0 Å². The number of ether oxygens (including phenoxy) is 1. The zero-order valence-electron chi connectivity index (χ0n) is 11.6. The number of hydrogen-bond donors (Lipinski definition) is 0. The van der Waals surface area contributed by atoms with Gasteiger partial charge in [-0.15, -0.1) is 0 Å². The van der Waals surface area contributed by atoms with Crippen molar-refractivity contribution < 1.29 is 4.74 Å². The average molecular weight is 316 g/mol. The first-order chi connectivity index (χ1) is 8.52. The molecular formula is C13H22BrN3O. The molecule has 2 atom stereocenters. The Bertz CT molecular complexity index is 419. The fourth-order valence-corrected chi connectivity index (χ4v) is 2.81. The minimum Gasteiger partial charge on any atom is -0.376 e. The van der Waals surface area contributed by atoms with E-state index in [1.54, 1.807) is 0 Å². The molecule has 0 amide bonds. The predicted molar refractivity (Wildman–Crippen MR) is 75.6 cm³/mol. The molecule has 18 heavy (non-hydrogen) atoms. The highest BCUT2D eigenvalue weighted by Crippen LogP contribution is 2.24. The van der Waals surface area contributed by atoms with E-state index in [0.717, 1.165) is 36.4 Å². The molecule has 0 N–H and O–H groups in total. The van der Waals surface area contributed by atoms with Crippen LogP contribution in [0.15, 0.2) is 4.47 Å². The second-order valence-corrected chi connectivity index (χ2v) is 5.88. The summed E-state index contributed by atoms with van der Waals surface area (Å²) in [6.07, 6.45) is 0.319. The van der Waals surface area contributed by atoms with Crippen molar-refractivity contribution in [2.45, 2.75) is 52.9 Å². The van der Waals surface area contributed by atoms with Crippen molar-refractivity contribution in [2.75, 3.05) is 13.2 Å². The molecule has 0 spiro atoms. The van der Waals surface area contributed by atoms with E-state index in [9.17, 15) is 0 Å². The molecule has 0 saturated carbocycles. The zero-order valence-corrected chi connectivity index (χ0v) is 13.2. The standard InChI is InChI=1S/C13H22BrN3O/c1-5-17-12(13(14)11(4)15-17)7-16-6-10(3)18-8-9(16)2/h9-10H,5-8H2,1-4H3. The van der Waals surface area contributed by atoms with Crippen molar-refractivity contribution in [2.24, 2.45) is 0 Å². The molecule has 0 aromatic carbocycles. The lowest BCUT2D eigenvalue weighted by Crippen LogP contribution is -2.47. The van der Waals surface area contributed by atoms with Gasteiger partial charge in [0.05, 0.1) is 28.6 Å². The summed E-state index contributed by atoms with van der Waals surface area (Å²) in [5.74, 6) is 0. The van der Waals surface area contributed by atoms with Gasteiger partial charge in [-0.25, -0.2) is 0 Å². The predicted octanol–water partition coefficient (Wildman–Crippen LogP) is 2.58. The largest absolute Gasteiger partial charge is 0.376 e. The van der Waals surface area contributed by atoms with Gasteiger partial charge in [-0.1, -0.05) is 0 Å². The highest BCUT2D eigenvalue weighted by molar-refractivity contribution is 9.10. The summed E-state index contributed by atoms with van der Waals surface area (Å²) < 4.78 is 8.91. The van der Waals surface area contributed by atoms with Crippen LogP contribution >= 0.6 is 15.9 Å². The molecule has 1 aromatic heterocycles. The molecule has 1 fully saturated rings. The van der Waals surface area contributed by atoms with E-state index in [0.29, 0.717) is 12.1 Å². The number of morpholine rings is 1. The van der Waals surface area contributed by atoms with Gasteiger partial charge >= 0.3 is 0 Å². The van der Waals surface area contributed by atoms with Crippen molar-refractivity contribution in [1.82, 2.24) is 14.7 Å². The summed E-state index contributed by atoms with van der Waals surface area (Å²) >= 11 is 3.66. The second-order valence-electron chi connectivity index (χ2n) is 5.08. The number of rotatable bonds is 3. The topological polar surface area (TPSA) is 30.3 Å². The SMILES string of the molecule is CCn1nc(C)c(Br)c1CN1CC(C)OCC1C. The van der Waals surface area contributed by atoms with Gasteiger partial charge < -0.3 is 4.74 Å². The van der Waals surface area contributed by atoms with Crippen LogP contribution in [-0.2, 0) is 17.8 Å². The Morgan fingerprint density at radius 3 is 2.83 bits per heavy atom. The Hall–Kier alpha value is -0.390. The zero-order chi connectivity index (χ0) is 13.3. The Morgan fingerprint density at radius 2 is 2.17 bits per heavy atom. The first-order valence-corrected chi connectivity index (χ1v) is 7.39. The third kappa shape index (κ3) is 2.78. The molecule has 1 aromatic rings. The van der Waals surface area contributed by atoms with Gasteiger partial charge in [0, 0.05) is 25.7 Å². The van der Waals surface area contributed by atoms with Gasteiger partial charge in [-0.2, -0.15) is 5.10 Å². The van der Waals surface area contributed by atoms with Crippen LogP contribution in [0.3, 0.4) is 0 Å². The third-order valence-electron chi connectivity index (χ3n) is 3.54. The molecular weight excluding hydrogens is 294 g/mol. The van der Waals surface area contributed by atoms with E-state index in [-0.39, 0.29) is 0 Å². The molecule has 5 heteroatoms. The summed E-state index contributed by atoms with van der Waals surface area (Å²) in [6, 6.07) is 0.466. The van der Waals surface area contributed by atoms with Crippen LogP contribution < -0.4 is 0 Å². The summed E-state index contributed by atoms with van der Waals surface area (Å²) in [7, 11) is 0. The van der Waals surface area contributed by atoms with Crippen LogP contribution in [-0.4, -0.2) is 40.0 Å². The van der Waals surface area contributed by atoms with Crippen molar-refractivity contribution >= 4 is 15.9 Å². The van der Waals surface area contributed by atoms with E-state index in [1.807, 2.05) is 6.92 Å². The lowest BCUT2D eigenvalue weighted by Gasteiger charge is -2.36. The minimum absolute atomic E-state index is 0.319. The van der Waals surface area contributed by atoms with Crippen LogP contribution in [0.4, 0.5) is 0 Å². The van der Waals surface area contributed by atoms with Crippen molar-refractivity contribution in [3.8, 4) is 0 Å². The first-order valence-electron chi connectivity index (χ1n) is 6.60. The van der Waals surface area contributed by atoms with Crippen LogP contribution in [0, 0.1) is 6.92 Å². The van der Waals surface area contributed by atoms with Gasteiger partial charge in [0.15, 0.2) is 0 Å². The molecule has 0 aliphatic carbocycles. The number of nitrogens with zero attached hydrogens (tertiary/aromatic N) is 3. The molecule has 1 aliphatic heterocycles. The van der Waals surface area contributed by atoms with Gasteiger partial charge in [-0.3, -0.25) is 9.58 Å². The summed E-state index contributed by atoms with van der Waals surface area (Å²) in [5, 5.41) is 4.55. The van der Waals surface area contributed by atoms with Crippen molar-refractivity contribution in [3.05, 3.63) is 15.9 Å². The van der Waals surface area contributed by atoms with E-state index >= 15 is 0 Å².